The molecule has 0 saturated heterocycles. The highest BCUT2D eigenvalue weighted by Gasteiger charge is 2.06. The van der Waals surface area contributed by atoms with E-state index in [0.717, 1.165) is 0 Å². The predicted octanol–water partition coefficient (Wildman–Crippen LogP) is 3.27. The Kier molecular flexibility index (Phi) is 3.71. The molecule has 1 heterocycles. The third-order valence-electron chi connectivity index (χ3n) is 2.10. The molecule has 2 aromatic rings. The molecule has 88 valence electrons. The second-order valence-electron chi connectivity index (χ2n) is 3.35. The minimum absolute atomic E-state index is 0.158. The van der Waals surface area contributed by atoms with E-state index in [0.29, 0.717) is 21.5 Å². The summed E-state index contributed by atoms with van der Waals surface area (Å²) >= 11 is 3.18. The number of hydrogen-bond acceptors (Lipinski definition) is 3. The lowest BCUT2D eigenvalue weighted by molar-refractivity contribution is 0.276. The van der Waals surface area contributed by atoms with Gasteiger partial charge in [0.2, 0.25) is 0 Å². The zero-order valence-electron chi connectivity index (χ0n) is 8.73. The van der Waals surface area contributed by atoms with Crippen molar-refractivity contribution in [2.45, 2.75) is 6.61 Å². The Morgan fingerprint density at radius 3 is 2.88 bits per heavy atom. The average Bonchev–Trinajstić information content (AvgIpc) is 2.28. The van der Waals surface area contributed by atoms with E-state index < -0.39 is 5.82 Å². The van der Waals surface area contributed by atoms with E-state index >= 15 is 0 Å². The lowest BCUT2D eigenvalue weighted by Crippen LogP contribution is -1.93. The van der Waals surface area contributed by atoms with Crippen molar-refractivity contribution in [2.75, 3.05) is 0 Å². The number of aliphatic hydroxyl groups is 1. The molecule has 3 nitrogen and oxygen atoms in total. The number of rotatable bonds is 3. The Bertz CT molecular complexity index is 513. The number of aromatic nitrogens is 1. The molecule has 0 fully saturated rings. The number of halogens is 2. The van der Waals surface area contributed by atoms with Crippen LogP contribution in [-0.4, -0.2) is 10.1 Å². The molecule has 0 saturated carbocycles. The summed E-state index contributed by atoms with van der Waals surface area (Å²) in [6.45, 7) is -0.158. The first-order valence-electron chi connectivity index (χ1n) is 4.87. The number of hydrogen-bond donors (Lipinski definition) is 1. The SMILES string of the molecule is OCc1ccncc1Oc1cc(F)cc(Br)c1. The molecular formula is C12H9BrFNO2. The summed E-state index contributed by atoms with van der Waals surface area (Å²) in [5.41, 5.74) is 0.598. The molecule has 0 aliphatic carbocycles. The summed E-state index contributed by atoms with van der Waals surface area (Å²) in [4.78, 5) is 3.89. The Morgan fingerprint density at radius 1 is 1.35 bits per heavy atom. The standard InChI is InChI=1S/C12H9BrFNO2/c13-9-3-10(14)5-11(4-9)17-12-6-15-2-1-8(12)7-16/h1-6,16H,7H2. The molecule has 17 heavy (non-hydrogen) atoms. The van der Waals surface area contributed by atoms with Gasteiger partial charge in [-0.15, -0.1) is 0 Å². The quantitative estimate of drug-likeness (QED) is 0.945. The average molecular weight is 298 g/mol. The minimum Gasteiger partial charge on any atom is -0.455 e. The normalized spacial score (nSPS) is 10.3. The van der Waals surface area contributed by atoms with Crippen molar-refractivity contribution in [3.63, 3.8) is 0 Å². The third-order valence-corrected chi connectivity index (χ3v) is 2.56. The van der Waals surface area contributed by atoms with Crippen LogP contribution in [0.15, 0.2) is 41.1 Å². The van der Waals surface area contributed by atoms with Gasteiger partial charge in [0.1, 0.15) is 11.6 Å². The molecule has 2 rings (SSSR count). The number of pyridine rings is 1. The highest BCUT2D eigenvalue weighted by atomic mass is 79.9. The van der Waals surface area contributed by atoms with Crippen LogP contribution < -0.4 is 4.74 Å². The van der Waals surface area contributed by atoms with Crippen LogP contribution in [0.1, 0.15) is 5.56 Å². The van der Waals surface area contributed by atoms with Gasteiger partial charge >= 0.3 is 0 Å². The molecule has 0 bridgehead atoms. The van der Waals surface area contributed by atoms with Crippen molar-refractivity contribution >= 4 is 15.9 Å². The molecule has 0 spiro atoms. The molecule has 1 aromatic heterocycles. The first-order chi connectivity index (χ1) is 8.19. The molecule has 0 amide bonds. The Hall–Kier alpha value is -1.46. The van der Waals surface area contributed by atoms with Crippen LogP contribution in [-0.2, 0) is 6.61 Å². The predicted molar refractivity (Wildman–Crippen MR) is 64.3 cm³/mol. The Labute approximate surface area is 106 Å². The second kappa shape index (κ2) is 5.25. The molecule has 5 heteroatoms. The van der Waals surface area contributed by atoms with Crippen molar-refractivity contribution < 1.29 is 14.2 Å². The van der Waals surface area contributed by atoms with Crippen molar-refractivity contribution in [1.82, 2.24) is 4.98 Å². The van der Waals surface area contributed by atoms with Crippen molar-refractivity contribution in [2.24, 2.45) is 0 Å². The monoisotopic (exact) mass is 297 g/mol. The van der Waals surface area contributed by atoms with Crippen LogP contribution in [0.25, 0.3) is 0 Å². The zero-order valence-corrected chi connectivity index (χ0v) is 10.3. The Balaban J connectivity index is 2.31. The lowest BCUT2D eigenvalue weighted by atomic mass is 10.2. The molecule has 0 aliphatic rings. The molecule has 0 radical (unpaired) electrons. The van der Waals surface area contributed by atoms with E-state index in [1.54, 1.807) is 18.3 Å². The van der Waals surface area contributed by atoms with Crippen LogP contribution in [0.3, 0.4) is 0 Å². The molecule has 1 N–H and O–H groups in total. The lowest BCUT2D eigenvalue weighted by Gasteiger charge is -2.09. The fourth-order valence-electron chi connectivity index (χ4n) is 1.35. The number of ether oxygens (including phenoxy) is 1. The van der Waals surface area contributed by atoms with Gasteiger partial charge in [-0.05, 0) is 18.2 Å². The fraction of sp³-hybridized carbons (Fsp3) is 0.0833. The van der Waals surface area contributed by atoms with E-state index in [4.69, 9.17) is 9.84 Å². The number of aliphatic hydroxyl groups excluding tert-OH is 1. The van der Waals surface area contributed by atoms with Gasteiger partial charge in [-0.1, -0.05) is 15.9 Å². The van der Waals surface area contributed by atoms with Crippen LogP contribution in [0.2, 0.25) is 0 Å². The second-order valence-corrected chi connectivity index (χ2v) is 4.26. The summed E-state index contributed by atoms with van der Waals surface area (Å²) in [5, 5.41) is 9.11. The topological polar surface area (TPSA) is 42.4 Å². The van der Waals surface area contributed by atoms with Crippen molar-refractivity contribution in [3.05, 3.63) is 52.5 Å². The maximum Gasteiger partial charge on any atom is 0.151 e. The van der Waals surface area contributed by atoms with E-state index in [-0.39, 0.29) is 6.61 Å². The van der Waals surface area contributed by atoms with Gasteiger partial charge in [0, 0.05) is 22.3 Å². The van der Waals surface area contributed by atoms with Gasteiger partial charge in [0.15, 0.2) is 5.75 Å². The number of nitrogens with zero attached hydrogens (tertiary/aromatic N) is 1. The molecular weight excluding hydrogens is 289 g/mol. The van der Waals surface area contributed by atoms with Crippen LogP contribution in [0, 0.1) is 5.82 Å². The van der Waals surface area contributed by atoms with Gasteiger partial charge < -0.3 is 9.84 Å². The van der Waals surface area contributed by atoms with Gasteiger partial charge in [-0.3, -0.25) is 4.98 Å². The Morgan fingerprint density at radius 2 is 2.18 bits per heavy atom. The van der Waals surface area contributed by atoms with E-state index in [9.17, 15) is 4.39 Å². The van der Waals surface area contributed by atoms with Crippen molar-refractivity contribution in [3.8, 4) is 11.5 Å². The smallest absolute Gasteiger partial charge is 0.151 e. The van der Waals surface area contributed by atoms with Crippen LogP contribution in [0.5, 0.6) is 11.5 Å². The maximum atomic E-state index is 13.1. The number of benzene rings is 1. The molecule has 0 aliphatic heterocycles. The fourth-order valence-corrected chi connectivity index (χ4v) is 1.79. The highest BCUT2D eigenvalue weighted by molar-refractivity contribution is 9.10. The van der Waals surface area contributed by atoms with Gasteiger partial charge in [-0.25, -0.2) is 4.39 Å². The highest BCUT2D eigenvalue weighted by Crippen LogP contribution is 2.27. The van der Waals surface area contributed by atoms with E-state index in [1.165, 1.54) is 18.3 Å². The zero-order chi connectivity index (χ0) is 12.3. The van der Waals surface area contributed by atoms with Crippen LogP contribution in [0.4, 0.5) is 4.39 Å². The minimum atomic E-state index is -0.399. The van der Waals surface area contributed by atoms with Gasteiger partial charge in [0.25, 0.3) is 0 Å². The summed E-state index contributed by atoms with van der Waals surface area (Å²) in [5.74, 6) is 0.357. The third kappa shape index (κ3) is 3.01. The largest absolute Gasteiger partial charge is 0.455 e. The maximum absolute atomic E-state index is 13.1. The van der Waals surface area contributed by atoms with Gasteiger partial charge in [-0.2, -0.15) is 0 Å². The summed E-state index contributed by atoms with van der Waals surface area (Å²) < 4.78 is 19.2. The van der Waals surface area contributed by atoms with Crippen LogP contribution >= 0.6 is 15.9 Å². The summed E-state index contributed by atoms with van der Waals surface area (Å²) in [6, 6.07) is 5.88. The first kappa shape index (κ1) is 12.0. The molecule has 1 aromatic carbocycles. The van der Waals surface area contributed by atoms with E-state index in [1.807, 2.05) is 0 Å². The summed E-state index contributed by atoms with van der Waals surface area (Å²) in [7, 11) is 0. The molecule has 0 atom stereocenters. The van der Waals surface area contributed by atoms with Crippen molar-refractivity contribution in [1.29, 1.82) is 0 Å². The van der Waals surface area contributed by atoms with Gasteiger partial charge in [0.05, 0.1) is 12.8 Å². The van der Waals surface area contributed by atoms with E-state index in [2.05, 4.69) is 20.9 Å². The summed E-state index contributed by atoms with van der Waals surface area (Å²) in [6.07, 6.45) is 3.03. The first-order valence-corrected chi connectivity index (χ1v) is 5.66. The molecule has 0 unspecified atom stereocenters.